The molecule has 44 heavy (non-hydrogen) atoms. The summed E-state index contributed by atoms with van der Waals surface area (Å²) in [6, 6.07) is 23.0. The summed E-state index contributed by atoms with van der Waals surface area (Å²) < 4.78 is 8.05. The lowest BCUT2D eigenvalue weighted by Crippen LogP contribution is -2.12. The average Bonchev–Trinajstić information content (AvgIpc) is 3.48. The van der Waals surface area contributed by atoms with Gasteiger partial charge in [-0.25, -0.2) is 4.98 Å². The molecule has 5 aromatic rings. The molecule has 228 valence electrons. The Balaban J connectivity index is 0.000000209. The molecule has 12 heteroatoms. The summed E-state index contributed by atoms with van der Waals surface area (Å²) in [5.41, 5.74) is 3.63. The highest BCUT2D eigenvalue weighted by molar-refractivity contribution is 6.39. The third-order valence-corrected chi connectivity index (χ3v) is 8.06. The number of hydrogen-bond donors (Lipinski definition) is 2. The number of ether oxygens (including phenoxy) is 1. The molecule has 0 saturated heterocycles. The van der Waals surface area contributed by atoms with Gasteiger partial charge in [0.1, 0.15) is 6.10 Å². The summed E-state index contributed by atoms with van der Waals surface area (Å²) >= 11 is 36.7. The molecule has 0 fully saturated rings. The Morgan fingerprint density at radius 2 is 1.50 bits per heavy atom. The smallest absolute Gasteiger partial charge is 0.307 e. The fourth-order valence-corrected chi connectivity index (χ4v) is 5.62. The molecular formula is C32H25Cl6N3O3. The molecule has 1 atom stereocenters. The van der Waals surface area contributed by atoms with E-state index in [2.05, 4.69) is 10.3 Å². The van der Waals surface area contributed by atoms with Crippen LogP contribution in [0.1, 0.15) is 22.8 Å². The van der Waals surface area contributed by atoms with Gasteiger partial charge in [-0.2, -0.15) is 0 Å². The molecule has 0 spiro atoms. The van der Waals surface area contributed by atoms with Crippen molar-refractivity contribution >= 4 is 86.9 Å². The molecule has 5 rings (SSSR count). The number of carboxylic acids is 1. The summed E-state index contributed by atoms with van der Waals surface area (Å²) in [5.74, 6) is -0.889. The number of carboxylic acid groups (broad SMARTS) is 1. The van der Waals surface area contributed by atoms with Crippen molar-refractivity contribution in [3.63, 3.8) is 0 Å². The zero-order valence-corrected chi connectivity index (χ0v) is 27.4. The van der Waals surface area contributed by atoms with E-state index in [-0.39, 0.29) is 12.5 Å². The second-order valence-electron chi connectivity index (χ2n) is 9.41. The van der Waals surface area contributed by atoms with Crippen LogP contribution < -0.4 is 5.32 Å². The van der Waals surface area contributed by atoms with E-state index in [1.54, 1.807) is 73.2 Å². The molecule has 0 aliphatic carbocycles. The van der Waals surface area contributed by atoms with Gasteiger partial charge in [-0.1, -0.05) is 106 Å². The number of anilines is 2. The largest absolute Gasteiger partial charge is 0.481 e. The molecule has 0 bridgehead atoms. The van der Waals surface area contributed by atoms with Crippen molar-refractivity contribution in [1.82, 2.24) is 9.55 Å². The Bertz CT molecular complexity index is 1700. The van der Waals surface area contributed by atoms with Crippen LogP contribution in [0.15, 0.2) is 97.6 Å². The first-order valence-corrected chi connectivity index (χ1v) is 15.3. The normalized spacial score (nSPS) is 11.4. The maximum absolute atomic E-state index is 10.8. The number of halogens is 6. The first-order valence-electron chi connectivity index (χ1n) is 13.1. The maximum Gasteiger partial charge on any atom is 0.307 e. The minimum Gasteiger partial charge on any atom is -0.481 e. The van der Waals surface area contributed by atoms with Gasteiger partial charge >= 0.3 is 5.97 Å². The minimum atomic E-state index is -0.889. The third kappa shape index (κ3) is 9.78. The number of aromatic nitrogens is 2. The molecule has 1 heterocycles. The Kier molecular flexibility index (Phi) is 12.6. The summed E-state index contributed by atoms with van der Waals surface area (Å²) in [7, 11) is 0. The molecular weight excluding hydrogens is 687 g/mol. The average molecular weight is 712 g/mol. The first-order chi connectivity index (χ1) is 21.1. The lowest BCUT2D eigenvalue weighted by molar-refractivity contribution is -0.136. The number of nitrogens with zero attached hydrogens (tertiary/aromatic N) is 2. The molecule has 1 unspecified atom stereocenters. The fourth-order valence-electron chi connectivity index (χ4n) is 4.13. The van der Waals surface area contributed by atoms with E-state index in [9.17, 15) is 4.79 Å². The Labute approximate surface area is 285 Å². The number of imidazole rings is 1. The van der Waals surface area contributed by atoms with Gasteiger partial charge < -0.3 is 19.7 Å². The highest BCUT2D eigenvalue weighted by Gasteiger charge is 2.18. The highest BCUT2D eigenvalue weighted by Crippen LogP contribution is 2.34. The number of nitrogens with one attached hydrogen (secondary N) is 1. The molecule has 0 aliphatic heterocycles. The number of aliphatic carboxylic acids is 1. The van der Waals surface area contributed by atoms with Crippen molar-refractivity contribution in [1.29, 1.82) is 0 Å². The molecule has 0 amide bonds. The quantitative estimate of drug-likeness (QED) is 0.151. The van der Waals surface area contributed by atoms with Crippen molar-refractivity contribution in [2.24, 2.45) is 0 Å². The molecule has 1 aromatic heterocycles. The van der Waals surface area contributed by atoms with Crippen molar-refractivity contribution in [2.45, 2.75) is 25.7 Å². The zero-order chi connectivity index (χ0) is 31.6. The van der Waals surface area contributed by atoms with Crippen LogP contribution >= 0.6 is 69.6 Å². The van der Waals surface area contributed by atoms with Crippen LogP contribution in [0.25, 0.3) is 0 Å². The summed E-state index contributed by atoms with van der Waals surface area (Å²) in [6.07, 6.45) is 4.97. The van der Waals surface area contributed by atoms with Crippen LogP contribution in [0.4, 0.5) is 11.4 Å². The monoisotopic (exact) mass is 709 g/mol. The summed E-state index contributed by atoms with van der Waals surface area (Å²) in [4.78, 5) is 14.9. The summed E-state index contributed by atoms with van der Waals surface area (Å²) in [5, 5.41) is 15.2. The van der Waals surface area contributed by atoms with Gasteiger partial charge in [-0.15, -0.1) is 0 Å². The predicted molar refractivity (Wildman–Crippen MR) is 180 cm³/mol. The van der Waals surface area contributed by atoms with Gasteiger partial charge in [-0.3, -0.25) is 4.79 Å². The number of rotatable bonds is 10. The second-order valence-corrected chi connectivity index (χ2v) is 11.9. The van der Waals surface area contributed by atoms with Gasteiger partial charge in [0.05, 0.1) is 41.6 Å². The van der Waals surface area contributed by atoms with E-state index in [1.807, 2.05) is 29.0 Å². The van der Waals surface area contributed by atoms with Crippen LogP contribution in [0.2, 0.25) is 30.1 Å². The van der Waals surface area contributed by atoms with E-state index < -0.39 is 5.97 Å². The molecule has 4 aromatic carbocycles. The molecule has 2 N–H and O–H groups in total. The van der Waals surface area contributed by atoms with Gasteiger partial charge in [0.2, 0.25) is 0 Å². The van der Waals surface area contributed by atoms with Crippen LogP contribution in [0, 0.1) is 0 Å². The topological polar surface area (TPSA) is 76.4 Å². The van der Waals surface area contributed by atoms with Gasteiger partial charge in [0.15, 0.2) is 0 Å². The van der Waals surface area contributed by atoms with Crippen molar-refractivity contribution in [3.05, 3.63) is 144 Å². The van der Waals surface area contributed by atoms with E-state index >= 15 is 0 Å². The second kappa shape index (κ2) is 16.4. The van der Waals surface area contributed by atoms with Gasteiger partial charge in [0, 0.05) is 43.7 Å². The lowest BCUT2D eigenvalue weighted by atomic mass is 10.1. The Hall–Kier alpha value is -2.94. The van der Waals surface area contributed by atoms with Gasteiger partial charge in [0.25, 0.3) is 0 Å². The van der Waals surface area contributed by atoms with E-state index in [4.69, 9.17) is 79.4 Å². The number of benzene rings is 4. The molecule has 6 nitrogen and oxygen atoms in total. The lowest BCUT2D eigenvalue weighted by Gasteiger charge is -2.21. The van der Waals surface area contributed by atoms with Crippen LogP contribution in [0.5, 0.6) is 0 Å². The maximum atomic E-state index is 10.8. The third-order valence-electron chi connectivity index (χ3n) is 6.28. The Morgan fingerprint density at radius 3 is 2.14 bits per heavy atom. The zero-order valence-electron chi connectivity index (χ0n) is 22.9. The number of hydrogen-bond acceptors (Lipinski definition) is 4. The van der Waals surface area contributed by atoms with Crippen molar-refractivity contribution < 1.29 is 14.6 Å². The molecule has 0 saturated carbocycles. The fraction of sp³-hybridized carbons (Fsp3) is 0.125. The SMILES string of the molecule is Clc1ccc(COC(Cn2ccnc2)c2ccc(Cl)cc2Cl)c(Cl)c1.O=C(O)Cc1ccccc1Nc1c(Cl)cccc1Cl. The van der Waals surface area contributed by atoms with Crippen LogP contribution in [-0.2, 0) is 29.1 Å². The minimum absolute atomic E-state index is 0.0642. The van der Waals surface area contributed by atoms with E-state index in [0.717, 1.165) is 11.1 Å². The van der Waals surface area contributed by atoms with E-state index in [0.29, 0.717) is 60.2 Å². The van der Waals surface area contributed by atoms with Crippen LogP contribution in [0.3, 0.4) is 0 Å². The molecule has 0 radical (unpaired) electrons. The number of carbonyl (C=O) groups is 1. The summed E-state index contributed by atoms with van der Waals surface area (Å²) in [6.45, 7) is 0.890. The first kappa shape index (κ1) is 33.9. The van der Waals surface area contributed by atoms with Crippen LogP contribution in [-0.4, -0.2) is 20.6 Å². The van der Waals surface area contributed by atoms with Crippen molar-refractivity contribution in [2.75, 3.05) is 5.32 Å². The number of para-hydroxylation sites is 2. The highest BCUT2D eigenvalue weighted by atomic mass is 35.5. The van der Waals surface area contributed by atoms with Crippen molar-refractivity contribution in [3.8, 4) is 0 Å². The standard InChI is InChI=1S/C18H14Cl4N2O.C14H11Cl2NO2/c19-13-2-1-12(16(21)7-13)10-25-18(9-24-6-5-23-11-24)15-4-3-14(20)8-17(15)22;15-10-5-3-6-11(16)14(10)17-12-7-2-1-4-9(12)8-13(18)19/h1-8,11,18H,9-10H2;1-7,17H,8H2,(H,18,19). The predicted octanol–water partition coefficient (Wildman–Crippen LogP) is 10.8. The van der Waals surface area contributed by atoms with Gasteiger partial charge in [-0.05, 0) is 53.6 Å². The van der Waals surface area contributed by atoms with E-state index in [1.165, 1.54) is 0 Å². The Morgan fingerprint density at radius 1 is 0.818 bits per heavy atom. The molecule has 0 aliphatic rings.